The highest BCUT2D eigenvalue weighted by Crippen LogP contribution is 2.58. The van der Waals surface area contributed by atoms with Crippen LogP contribution >= 0.6 is 0 Å². The van der Waals surface area contributed by atoms with Crippen molar-refractivity contribution in [1.82, 2.24) is 0 Å². The molecule has 112 valence electrons. The van der Waals surface area contributed by atoms with Crippen molar-refractivity contribution in [2.45, 2.75) is 43.7 Å². The molecule has 1 aromatic rings. The number of hydrogen-bond acceptors (Lipinski definition) is 3. The van der Waals surface area contributed by atoms with Gasteiger partial charge in [0.2, 0.25) is 0 Å². The monoisotopic (exact) mass is 288 g/mol. The van der Waals surface area contributed by atoms with Crippen LogP contribution in [0.3, 0.4) is 0 Å². The molecule has 4 nitrogen and oxygen atoms in total. The third kappa shape index (κ3) is 1.51. The zero-order valence-electron chi connectivity index (χ0n) is 12.7. The lowest BCUT2D eigenvalue weighted by molar-refractivity contribution is -0.938. The molecule has 3 atom stereocenters. The quantitative estimate of drug-likeness (QED) is 0.805. The molecule has 0 amide bonds. The summed E-state index contributed by atoms with van der Waals surface area (Å²) in [6.07, 6.45) is 3.22. The van der Waals surface area contributed by atoms with Crippen LogP contribution in [0.25, 0.3) is 0 Å². The smallest absolute Gasteiger partial charge is 0.162 e. The number of carbonyl (C=O) groups is 1. The molecule has 4 rings (SSSR count). The number of ketones is 1. The van der Waals surface area contributed by atoms with Gasteiger partial charge >= 0.3 is 0 Å². The van der Waals surface area contributed by atoms with E-state index in [4.69, 9.17) is 4.74 Å². The second-order valence-corrected chi connectivity index (χ2v) is 7.19. The van der Waals surface area contributed by atoms with Gasteiger partial charge in [-0.1, -0.05) is 0 Å². The highest BCUT2D eigenvalue weighted by molar-refractivity contribution is 5.82. The van der Waals surface area contributed by atoms with Crippen LogP contribution in [0.2, 0.25) is 0 Å². The molecule has 0 radical (unpaired) electrons. The van der Waals surface area contributed by atoms with E-state index in [9.17, 15) is 9.90 Å². The van der Waals surface area contributed by atoms with E-state index in [1.165, 1.54) is 5.56 Å². The lowest BCUT2D eigenvalue weighted by atomic mass is 9.62. The summed E-state index contributed by atoms with van der Waals surface area (Å²) in [6, 6.07) is 4.38. The Kier molecular flexibility index (Phi) is 2.51. The molecular weight excluding hydrogens is 266 g/mol. The first-order valence-corrected chi connectivity index (χ1v) is 7.75. The fraction of sp³-hybridized carbons (Fsp3) is 0.588. The van der Waals surface area contributed by atoms with Crippen molar-refractivity contribution in [3.05, 3.63) is 23.3 Å². The zero-order valence-corrected chi connectivity index (χ0v) is 12.7. The average Bonchev–Trinajstić information content (AvgIpc) is 2.65. The number of phenols is 1. The Morgan fingerprint density at radius 1 is 1.43 bits per heavy atom. The number of rotatable bonds is 1. The standard InChI is InChI=1S/C17H21NO3/c1-18-8-7-17(9-12(19)4-6-14(17)18)15-11(10-18)3-5-13(21-2)16(15)20/h3,5,14H,4,6-10H2,1-2H3/p+1/t14?,17-,18?/m0/s1. The summed E-state index contributed by atoms with van der Waals surface area (Å²) in [5.41, 5.74) is 2.03. The molecular formula is C17H22NO3+. The third-order valence-electron chi connectivity index (χ3n) is 6.14. The van der Waals surface area contributed by atoms with Gasteiger partial charge in [0.1, 0.15) is 18.4 Å². The fourth-order valence-electron chi connectivity index (χ4n) is 5.33. The third-order valence-corrected chi connectivity index (χ3v) is 6.14. The molecule has 2 aliphatic heterocycles. The predicted molar refractivity (Wildman–Crippen MR) is 78.4 cm³/mol. The van der Waals surface area contributed by atoms with E-state index in [2.05, 4.69) is 13.1 Å². The van der Waals surface area contributed by atoms with E-state index in [0.717, 1.165) is 36.0 Å². The predicted octanol–water partition coefficient (Wildman–Crippen LogP) is 2.12. The largest absolute Gasteiger partial charge is 0.504 e. The number of nitrogens with zero attached hydrogens (tertiary/aromatic N) is 1. The molecule has 2 fully saturated rings. The Hall–Kier alpha value is -1.55. The number of hydrogen-bond donors (Lipinski definition) is 1. The number of methoxy groups -OCH3 is 1. The molecule has 1 saturated heterocycles. The van der Waals surface area contributed by atoms with Gasteiger partial charge < -0.3 is 14.3 Å². The number of aromatic hydroxyl groups is 1. The zero-order chi connectivity index (χ0) is 14.8. The van der Waals surface area contributed by atoms with Gasteiger partial charge in [0.25, 0.3) is 0 Å². The Morgan fingerprint density at radius 2 is 2.24 bits per heavy atom. The highest BCUT2D eigenvalue weighted by Gasteiger charge is 2.63. The maximum Gasteiger partial charge on any atom is 0.162 e. The molecule has 21 heavy (non-hydrogen) atoms. The average molecular weight is 288 g/mol. The Morgan fingerprint density at radius 3 is 3.00 bits per heavy atom. The van der Waals surface area contributed by atoms with Crippen molar-refractivity contribution >= 4 is 5.78 Å². The maximum atomic E-state index is 12.2. The Bertz CT molecular complexity index is 641. The Balaban J connectivity index is 1.98. The minimum Gasteiger partial charge on any atom is -0.504 e. The number of benzene rings is 1. The van der Waals surface area contributed by atoms with E-state index in [1.54, 1.807) is 7.11 Å². The van der Waals surface area contributed by atoms with E-state index >= 15 is 0 Å². The van der Waals surface area contributed by atoms with E-state index in [-0.39, 0.29) is 11.2 Å². The first-order valence-electron chi connectivity index (χ1n) is 7.75. The molecule has 4 heteroatoms. The first kappa shape index (κ1) is 13.1. The topological polar surface area (TPSA) is 46.5 Å². The minimum absolute atomic E-state index is 0.170. The summed E-state index contributed by atoms with van der Waals surface area (Å²) in [5, 5.41) is 10.7. The number of quaternary nitrogens is 1. The lowest BCUT2D eigenvalue weighted by Crippen LogP contribution is -2.59. The van der Waals surface area contributed by atoms with Gasteiger partial charge in [-0.05, 0) is 12.1 Å². The van der Waals surface area contributed by atoms with Crippen LogP contribution in [-0.2, 0) is 16.8 Å². The van der Waals surface area contributed by atoms with Crippen molar-refractivity contribution in [2.24, 2.45) is 0 Å². The molecule has 0 spiro atoms. The van der Waals surface area contributed by atoms with Gasteiger partial charge in [-0.25, -0.2) is 0 Å². The normalized spacial score (nSPS) is 37.0. The van der Waals surface area contributed by atoms with E-state index in [1.807, 2.05) is 6.07 Å². The van der Waals surface area contributed by atoms with Gasteiger partial charge in [0.05, 0.1) is 26.1 Å². The molecule has 2 heterocycles. The summed E-state index contributed by atoms with van der Waals surface area (Å²) >= 11 is 0. The highest BCUT2D eigenvalue weighted by atomic mass is 16.5. The molecule has 1 N–H and O–H groups in total. The number of ether oxygens (including phenoxy) is 1. The SMILES string of the molecule is COc1ccc2c(c1O)[C@]13CC[N+](C)(C2)C1CCC(=O)C3. The summed E-state index contributed by atoms with van der Waals surface area (Å²) in [4.78, 5) is 12.2. The summed E-state index contributed by atoms with van der Waals surface area (Å²) < 4.78 is 6.33. The van der Waals surface area contributed by atoms with Crippen LogP contribution in [0.1, 0.15) is 36.8 Å². The molecule has 1 aromatic carbocycles. The number of carbonyl (C=O) groups excluding carboxylic acids is 1. The fourth-order valence-corrected chi connectivity index (χ4v) is 5.33. The summed E-state index contributed by atoms with van der Waals surface area (Å²) in [5.74, 6) is 1.14. The first-order chi connectivity index (χ1) is 10.00. The number of likely N-dealkylation sites (N-methyl/N-ethyl adjacent to an activating group) is 1. The van der Waals surface area contributed by atoms with E-state index in [0.29, 0.717) is 30.4 Å². The molecule has 3 aliphatic rings. The minimum atomic E-state index is -0.170. The molecule has 1 aliphatic carbocycles. The van der Waals surface area contributed by atoms with Gasteiger partial charge in [-0.3, -0.25) is 4.79 Å². The molecule has 2 bridgehead atoms. The molecule has 1 saturated carbocycles. The summed E-state index contributed by atoms with van der Waals surface area (Å²) in [7, 11) is 3.90. The second-order valence-electron chi connectivity index (χ2n) is 7.19. The summed E-state index contributed by atoms with van der Waals surface area (Å²) in [6.45, 7) is 2.04. The van der Waals surface area contributed by atoms with Gasteiger partial charge in [-0.2, -0.15) is 0 Å². The van der Waals surface area contributed by atoms with Crippen LogP contribution < -0.4 is 4.74 Å². The molecule has 2 unspecified atom stereocenters. The molecule has 0 aromatic heterocycles. The van der Waals surface area contributed by atoms with Crippen molar-refractivity contribution in [1.29, 1.82) is 0 Å². The van der Waals surface area contributed by atoms with Crippen molar-refractivity contribution in [2.75, 3.05) is 20.7 Å². The Labute approximate surface area is 124 Å². The van der Waals surface area contributed by atoms with Crippen LogP contribution in [0, 0.1) is 0 Å². The van der Waals surface area contributed by atoms with Gasteiger partial charge in [0.15, 0.2) is 11.5 Å². The van der Waals surface area contributed by atoms with Gasteiger partial charge in [-0.15, -0.1) is 0 Å². The van der Waals surface area contributed by atoms with Gasteiger partial charge in [0, 0.05) is 36.8 Å². The lowest BCUT2D eigenvalue weighted by Gasteiger charge is -2.49. The number of phenolic OH excluding ortho intramolecular Hbond substituents is 1. The van der Waals surface area contributed by atoms with Crippen molar-refractivity contribution in [3.8, 4) is 11.5 Å². The van der Waals surface area contributed by atoms with Crippen LogP contribution in [0.5, 0.6) is 11.5 Å². The van der Waals surface area contributed by atoms with Crippen LogP contribution in [0.15, 0.2) is 12.1 Å². The number of Topliss-reactive ketones (excluding diaryl/α,β-unsaturated/α-hetero) is 1. The maximum absolute atomic E-state index is 12.2. The van der Waals surface area contributed by atoms with E-state index < -0.39 is 0 Å². The second kappa shape index (κ2) is 4.01. The number of fused-ring (bicyclic) bond motifs is 1. The van der Waals surface area contributed by atoms with Crippen LogP contribution in [0.4, 0.5) is 0 Å². The van der Waals surface area contributed by atoms with Crippen molar-refractivity contribution in [3.63, 3.8) is 0 Å². The van der Waals surface area contributed by atoms with Crippen molar-refractivity contribution < 1.29 is 19.1 Å². The van der Waals surface area contributed by atoms with Crippen LogP contribution in [-0.4, -0.2) is 42.1 Å².